The first-order valence-corrected chi connectivity index (χ1v) is 6.12. The van der Waals surface area contributed by atoms with Gasteiger partial charge in [0.05, 0.1) is 0 Å². The Bertz CT molecular complexity index is 331. The van der Waals surface area contributed by atoms with Crippen molar-refractivity contribution in [2.45, 2.75) is 27.2 Å². The minimum atomic E-state index is 0.969. The largest absolute Gasteiger partial charge is 0.0880 e. The van der Waals surface area contributed by atoms with E-state index in [1.807, 2.05) is 0 Å². The zero-order chi connectivity index (χ0) is 10.6. The molecule has 0 nitrogen and oxygen atoms in total. The van der Waals surface area contributed by atoms with Gasteiger partial charge in [-0.3, -0.25) is 0 Å². The van der Waals surface area contributed by atoms with Gasteiger partial charge < -0.3 is 0 Å². The van der Waals surface area contributed by atoms with Gasteiger partial charge in [0.1, 0.15) is 0 Å². The Morgan fingerprint density at radius 1 is 1.36 bits per heavy atom. The van der Waals surface area contributed by atoms with Crippen molar-refractivity contribution in [1.29, 1.82) is 0 Å². The molecular weight excluding hydrogens is 236 g/mol. The van der Waals surface area contributed by atoms with E-state index in [-0.39, 0.29) is 0 Å². The SMILES string of the molecule is CCC(=Cc1cccc(C)c1C)CBr. The molecule has 0 aromatic heterocycles. The first-order valence-electron chi connectivity index (χ1n) is 5.00. The maximum absolute atomic E-state index is 3.51. The van der Waals surface area contributed by atoms with Crippen LogP contribution in [0.3, 0.4) is 0 Å². The van der Waals surface area contributed by atoms with E-state index in [0.29, 0.717) is 0 Å². The molecule has 14 heavy (non-hydrogen) atoms. The number of hydrogen-bond donors (Lipinski definition) is 0. The summed E-state index contributed by atoms with van der Waals surface area (Å²) in [5.74, 6) is 0. The molecule has 76 valence electrons. The number of rotatable bonds is 3. The molecule has 1 heteroatoms. The van der Waals surface area contributed by atoms with Crippen LogP contribution in [0.1, 0.15) is 30.0 Å². The van der Waals surface area contributed by atoms with Crippen LogP contribution in [0.5, 0.6) is 0 Å². The molecular formula is C13H17Br. The first kappa shape index (κ1) is 11.5. The summed E-state index contributed by atoms with van der Waals surface area (Å²) < 4.78 is 0. The van der Waals surface area contributed by atoms with E-state index < -0.39 is 0 Å². The summed E-state index contributed by atoms with van der Waals surface area (Å²) in [7, 11) is 0. The van der Waals surface area contributed by atoms with Gasteiger partial charge in [-0.05, 0) is 37.0 Å². The monoisotopic (exact) mass is 252 g/mol. The van der Waals surface area contributed by atoms with E-state index in [0.717, 1.165) is 11.8 Å². The highest BCUT2D eigenvalue weighted by atomic mass is 79.9. The molecule has 0 radical (unpaired) electrons. The molecule has 0 bridgehead atoms. The molecule has 0 atom stereocenters. The van der Waals surface area contributed by atoms with E-state index in [1.165, 1.54) is 22.3 Å². The van der Waals surface area contributed by atoms with Crippen molar-refractivity contribution in [2.75, 3.05) is 5.33 Å². The number of benzene rings is 1. The Labute approximate surface area is 95.2 Å². The van der Waals surface area contributed by atoms with Crippen molar-refractivity contribution in [3.63, 3.8) is 0 Å². The van der Waals surface area contributed by atoms with E-state index in [2.05, 4.69) is 61.0 Å². The molecule has 0 aliphatic carbocycles. The van der Waals surface area contributed by atoms with Crippen LogP contribution in [0.25, 0.3) is 6.08 Å². The lowest BCUT2D eigenvalue weighted by Crippen LogP contribution is -1.88. The standard InChI is InChI=1S/C13H17Br/c1-4-12(9-14)8-13-7-5-6-10(2)11(13)3/h5-8H,4,9H2,1-3H3. The lowest BCUT2D eigenvalue weighted by Gasteiger charge is -2.06. The quantitative estimate of drug-likeness (QED) is 0.696. The van der Waals surface area contributed by atoms with E-state index >= 15 is 0 Å². The van der Waals surface area contributed by atoms with Crippen molar-refractivity contribution < 1.29 is 0 Å². The van der Waals surface area contributed by atoms with E-state index in [1.54, 1.807) is 0 Å². The Morgan fingerprint density at radius 3 is 2.64 bits per heavy atom. The highest BCUT2D eigenvalue weighted by Crippen LogP contribution is 2.18. The number of aryl methyl sites for hydroxylation is 1. The summed E-state index contributed by atoms with van der Waals surface area (Å²) in [5, 5.41) is 0.969. The third-order valence-electron chi connectivity index (χ3n) is 2.63. The molecule has 0 aliphatic heterocycles. The molecule has 1 rings (SSSR count). The predicted octanol–water partition coefficient (Wildman–Crippen LogP) is 4.49. The zero-order valence-electron chi connectivity index (χ0n) is 9.10. The minimum Gasteiger partial charge on any atom is -0.0880 e. The fraction of sp³-hybridized carbons (Fsp3) is 0.385. The highest BCUT2D eigenvalue weighted by Gasteiger charge is 1.98. The van der Waals surface area contributed by atoms with Gasteiger partial charge in [-0.1, -0.05) is 52.7 Å². The van der Waals surface area contributed by atoms with Gasteiger partial charge in [0, 0.05) is 5.33 Å². The van der Waals surface area contributed by atoms with Crippen molar-refractivity contribution >= 4 is 22.0 Å². The molecule has 1 aromatic rings. The van der Waals surface area contributed by atoms with Crippen molar-refractivity contribution in [3.8, 4) is 0 Å². The average Bonchev–Trinajstić information content (AvgIpc) is 2.20. The van der Waals surface area contributed by atoms with Gasteiger partial charge in [-0.25, -0.2) is 0 Å². The summed E-state index contributed by atoms with van der Waals surface area (Å²) >= 11 is 3.51. The van der Waals surface area contributed by atoms with Gasteiger partial charge in [-0.15, -0.1) is 0 Å². The van der Waals surface area contributed by atoms with Gasteiger partial charge in [0.15, 0.2) is 0 Å². The summed E-state index contributed by atoms with van der Waals surface area (Å²) in [5.41, 5.74) is 5.54. The lowest BCUT2D eigenvalue weighted by atomic mass is 10.0. The molecule has 0 aliphatic rings. The molecule has 0 saturated heterocycles. The number of alkyl halides is 1. The predicted molar refractivity (Wildman–Crippen MR) is 68.0 cm³/mol. The van der Waals surface area contributed by atoms with Crippen molar-refractivity contribution in [2.24, 2.45) is 0 Å². The van der Waals surface area contributed by atoms with E-state index in [9.17, 15) is 0 Å². The lowest BCUT2D eigenvalue weighted by molar-refractivity contribution is 1.12. The third-order valence-corrected chi connectivity index (χ3v) is 3.35. The van der Waals surface area contributed by atoms with Crippen LogP contribution < -0.4 is 0 Å². The second-order valence-corrected chi connectivity index (χ2v) is 4.14. The maximum atomic E-state index is 3.51. The fourth-order valence-corrected chi connectivity index (χ4v) is 1.94. The van der Waals surface area contributed by atoms with Crippen molar-refractivity contribution in [3.05, 3.63) is 40.5 Å². The molecule has 0 unspecified atom stereocenters. The summed E-state index contributed by atoms with van der Waals surface area (Å²) in [6.07, 6.45) is 3.40. The molecule has 0 saturated carbocycles. The van der Waals surface area contributed by atoms with Crippen molar-refractivity contribution in [1.82, 2.24) is 0 Å². The Morgan fingerprint density at radius 2 is 2.07 bits per heavy atom. The Hall–Kier alpha value is -0.560. The molecule has 0 spiro atoms. The number of hydrogen-bond acceptors (Lipinski definition) is 0. The van der Waals surface area contributed by atoms with Gasteiger partial charge in [-0.2, -0.15) is 0 Å². The normalized spacial score (nSPS) is 11.9. The molecule has 1 aromatic carbocycles. The smallest absolute Gasteiger partial charge is 0.0245 e. The topological polar surface area (TPSA) is 0 Å². The van der Waals surface area contributed by atoms with Crippen LogP contribution in [0.2, 0.25) is 0 Å². The van der Waals surface area contributed by atoms with Crippen LogP contribution in [0.4, 0.5) is 0 Å². The average molecular weight is 253 g/mol. The van der Waals surface area contributed by atoms with Crippen LogP contribution in [0, 0.1) is 13.8 Å². The Balaban J connectivity index is 3.07. The zero-order valence-corrected chi connectivity index (χ0v) is 10.7. The van der Waals surface area contributed by atoms with Crippen LogP contribution in [-0.2, 0) is 0 Å². The van der Waals surface area contributed by atoms with Gasteiger partial charge in [0.2, 0.25) is 0 Å². The summed E-state index contributed by atoms with van der Waals surface area (Å²) in [6.45, 7) is 6.54. The van der Waals surface area contributed by atoms with Crippen LogP contribution >= 0.6 is 15.9 Å². The molecule has 0 heterocycles. The third kappa shape index (κ3) is 2.71. The molecule has 0 N–H and O–H groups in total. The second kappa shape index (κ2) is 5.35. The summed E-state index contributed by atoms with van der Waals surface area (Å²) in [4.78, 5) is 0. The summed E-state index contributed by atoms with van der Waals surface area (Å²) in [6, 6.07) is 6.46. The maximum Gasteiger partial charge on any atom is 0.0245 e. The first-order chi connectivity index (χ1) is 6.69. The number of halogens is 1. The fourth-order valence-electron chi connectivity index (χ4n) is 1.39. The van der Waals surface area contributed by atoms with Gasteiger partial charge in [0.25, 0.3) is 0 Å². The number of allylic oxidation sites excluding steroid dienone is 1. The molecule has 0 amide bonds. The van der Waals surface area contributed by atoms with Gasteiger partial charge >= 0.3 is 0 Å². The van der Waals surface area contributed by atoms with Crippen LogP contribution in [0.15, 0.2) is 23.8 Å². The highest BCUT2D eigenvalue weighted by molar-refractivity contribution is 9.09. The second-order valence-electron chi connectivity index (χ2n) is 3.58. The minimum absolute atomic E-state index is 0.969. The van der Waals surface area contributed by atoms with Crippen LogP contribution in [-0.4, -0.2) is 5.33 Å². The van der Waals surface area contributed by atoms with E-state index in [4.69, 9.17) is 0 Å². The molecule has 0 fully saturated rings. The Kier molecular flexibility index (Phi) is 4.40.